The van der Waals surface area contributed by atoms with Gasteiger partial charge in [0.05, 0.1) is 36.9 Å². The van der Waals surface area contributed by atoms with E-state index >= 15 is 0 Å². The monoisotopic (exact) mass is 403 g/mol. The molecule has 1 aliphatic heterocycles. The number of nitrogens with one attached hydrogen (secondary N) is 3. The molecule has 7 heteroatoms. The summed E-state index contributed by atoms with van der Waals surface area (Å²) >= 11 is 11.6. The van der Waals surface area contributed by atoms with Crippen LogP contribution >= 0.6 is 23.8 Å². The maximum atomic E-state index is 12.3. The molecule has 0 saturated carbocycles. The first-order chi connectivity index (χ1) is 13.0. The zero-order chi connectivity index (χ0) is 19.2. The Balaban J connectivity index is 1.46. The second kappa shape index (κ2) is 9.17. The van der Waals surface area contributed by atoms with Crippen molar-refractivity contribution in [1.29, 1.82) is 0 Å². The molecule has 1 heterocycles. The SMILES string of the molecule is Cc1ccccc1NC(=S)N1CC[NH+](CC(=O)Nc2ccccc2Cl)CC1. The van der Waals surface area contributed by atoms with Gasteiger partial charge in [-0.05, 0) is 42.9 Å². The van der Waals surface area contributed by atoms with Gasteiger partial charge in [0.2, 0.25) is 0 Å². The van der Waals surface area contributed by atoms with Crippen molar-refractivity contribution in [3.63, 3.8) is 0 Å². The lowest BCUT2D eigenvalue weighted by atomic mass is 10.2. The van der Waals surface area contributed by atoms with E-state index in [0.29, 0.717) is 17.3 Å². The number of carbonyl (C=O) groups excluding carboxylic acids is 1. The molecule has 1 aliphatic rings. The number of rotatable bonds is 4. The number of quaternary nitrogens is 1. The van der Waals surface area contributed by atoms with Crippen LogP contribution in [0, 0.1) is 6.92 Å². The number of nitrogens with zero attached hydrogens (tertiary/aromatic N) is 1. The minimum Gasteiger partial charge on any atom is -0.338 e. The van der Waals surface area contributed by atoms with E-state index in [1.807, 2.05) is 36.4 Å². The van der Waals surface area contributed by atoms with Crippen molar-refractivity contribution in [1.82, 2.24) is 4.90 Å². The first-order valence-electron chi connectivity index (χ1n) is 9.02. The molecule has 3 N–H and O–H groups in total. The minimum atomic E-state index is -0.0211. The summed E-state index contributed by atoms with van der Waals surface area (Å²) in [6.07, 6.45) is 0. The van der Waals surface area contributed by atoms with Crippen LogP contribution in [0.2, 0.25) is 5.02 Å². The van der Waals surface area contributed by atoms with Gasteiger partial charge in [0.15, 0.2) is 11.7 Å². The van der Waals surface area contributed by atoms with Gasteiger partial charge in [-0.1, -0.05) is 41.9 Å². The van der Waals surface area contributed by atoms with Crippen molar-refractivity contribution in [2.45, 2.75) is 6.92 Å². The number of hydrogen-bond donors (Lipinski definition) is 3. The molecule has 1 saturated heterocycles. The Bertz CT molecular complexity index is 821. The van der Waals surface area contributed by atoms with Crippen LogP contribution < -0.4 is 15.5 Å². The van der Waals surface area contributed by atoms with Crippen LogP contribution in [0.25, 0.3) is 0 Å². The number of para-hydroxylation sites is 2. The van der Waals surface area contributed by atoms with E-state index in [1.54, 1.807) is 6.07 Å². The highest BCUT2D eigenvalue weighted by Crippen LogP contribution is 2.20. The molecule has 142 valence electrons. The third kappa shape index (κ3) is 5.42. The largest absolute Gasteiger partial charge is 0.338 e. The predicted octanol–water partition coefficient (Wildman–Crippen LogP) is 2.18. The molecule has 0 spiro atoms. The highest BCUT2D eigenvalue weighted by Gasteiger charge is 2.24. The maximum Gasteiger partial charge on any atom is 0.279 e. The second-order valence-corrected chi connectivity index (χ2v) is 7.48. The lowest BCUT2D eigenvalue weighted by Crippen LogP contribution is -3.15. The molecule has 0 aliphatic carbocycles. The number of benzene rings is 2. The number of hydrogen-bond acceptors (Lipinski definition) is 2. The van der Waals surface area contributed by atoms with Crippen molar-refractivity contribution in [2.75, 3.05) is 43.4 Å². The number of anilines is 2. The maximum absolute atomic E-state index is 12.3. The fourth-order valence-electron chi connectivity index (χ4n) is 3.09. The Kier molecular flexibility index (Phi) is 6.66. The molecule has 3 rings (SSSR count). The molecule has 1 amide bonds. The fourth-order valence-corrected chi connectivity index (χ4v) is 3.57. The van der Waals surface area contributed by atoms with Crippen LogP contribution in [0.1, 0.15) is 5.56 Å². The molecule has 27 heavy (non-hydrogen) atoms. The number of halogens is 1. The average Bonchev–Trinajstić information content (AvgIpc) is 2.66. The zero-order valence-electron chi connectivity index (χ0n) is 15.3. The molecule has 0 bridgehead atoms. The summed E-state index contributed by atoms with van der Waals surface area (Å²) in [6.45, 7) is 5.87. The van der Waals surface area contributed by atoms with Crippen molar-refractivity contribution in [3.05, 3.63) is 59.1 Å². The van der Waals surface area contributed by atoms with Gasteiger partial charge in [0.1, 0.15) is 0 Å². The zero-order valence-corrected chi connectivity index (χ0v) is 16.9. The van der Waals surface area contributed by atoms with Gasteiger partial charge >= 0.3 is 0 Å². The number of carbonyl (C=O) groups is 1. The van der Waals surface area contributed by atoms with Gasteiger partial charge in [0.25, 0.3) is 5.91 Å². The van der Waals surface area contributed by atoms with Crippen LogP contribution in [-0.4, -0.2) is 48.6 Å². The van der Waals surface area contributed by atoms with Gasteiger partial charge in [-0.25, -0.2) is 0 Å². The Labute approximate surface area is 170 Å². The van der Waals surface area contributed by atoms with Crippen molar-refractivity contribution >= 4 is 46.2 Å². The van der Waals surface area contributed by atoms with Gasteiger partial charge < -0.3 is 20.4 Å². The molecule has 0 radical (unpaired) electrons. The molecular weight excluding hydrogens is 380 g/mol. The molecule has 2 aromatic rings. The standard InChI is InChI=1S/C20H23ClN4OS/c1-15-6-2-4-8-17(15)23-20(27)25-12-10-24(11-13-25)14-19(26)22-18-9-5-3-7-16(18)21/h2-9H,10-14H2,1H3,(H,22,26)(H,23,27)/p+1. The average molecular weight is 404 g/mol. The highest BCUT2D eigenvalue weighted by atomic mass is 35.5. The molecule has 0 aromatic heterocycles. The van der Waals surface area contributed by atoms with E-state index in [0.717, 1.165) is 37.0 Å². The summed E-state index contributed by atoms with van der Waals surface area (Å²) < 4.78 is 0. The predicted molar refractivity (Wildman–Crippen MR) is 115 cm³/mol. The van der Waals surface area contributed by atoms with Crippen molar-refractivity contribution < 1.29 is 9.69 Å². The number of piperazine rings is 1. The normalized spacial score (nSPS) is 14.7. The van der Waals surface area contributed by atoms with Crippen molar-refractivity contribution in [2.24, 2.45) is 0 Å². The molecule has 1 fully saturated rings. The summed E-state index contributed by atoms with van der Waals surface area (Å²) in [4.78, 5) is 15.7. The number of thiocarbonyl (C=S) groups is 1. The lowest BCUT2D eigenvalue weighted by Gasteiger charge is -2.33. The summed E-state index contributed by atoms with van der Waals surface area (Å²) in [6, 6.07) is 15.4. The van der Waals surface area contributed by atoms with E-state index in [2.05, 4.69) is 28.5 Å². The number of amides is 1. The summed E-state index contributed by atoms with van der Waals surface area (Å²) in [5, 5.41) is 7.51. The van der Waals surface area contributed by atoms with Crippen LogP contribution in [0.15, 0.2) is 48.5 Å². The van der Waals surface area contributed by atoms with Gasteiger partial charge in [-0.2, -0.15) is 0 Å². The van der Waals surface area contributed by atoms with Gasteiger partial charge in [-0.15, -0.1) is 0 Å². The first-order valence-corrected chi connectivity index (χ1v) is 9.81. The molecule has 0 unspecified atom stereocenters. The molecule has 0 atom stereocenters. The Morgan fingerprint density at radius 2 is 1.70 bits per heavy atom. The van der Waals surface area contributed by atoms with Gasteiger partial charge in [0, 0.05) is 5.69 Å². The van der Waals surface area contributed by atoms with E-state index in [-0.39, 0.29) is 5.91 Å². The quantitative estimate of drug-likeness (QED) is 0.685. The number of aryl methyl sites for hydroxylation is 1. The summed E-state index contributed by atoms with van der Waals surface area (Å²) in [7, 11) is 0. The minimum absolute atomic E-state index is 0.0211. The first kappa shape index (κ1) is 19.6. The van der Waals surface area contributed by atoms with Crippen LogP contribution in [-0.2, 0) is 4.79 Å². The van der Waals surface area contributed by atoms with Crippen molar-refractivity contribution in [3.8, 4) is 0 Å². The lowest BCUT2D eigenvalue weighted by molar-refractivity contribution is -0.895. The smallest absolute Gasteiger partial charge is 0.279 e. The highest BCUT2D eigenvalue weighted by molar-refractivity contribution is 7.80. The molecule has 2 aromatic carbocycles. The topological polar surface area (TPSA) is 48.8 Å². The Hall–Kier alpha value is -2.15. The van der Waals surface area contributed by atoms with Crippen LogP contribution in [0.5, 0.6) is 0 Å². The summed E-state index contributed by atoms with van der Waals surface area (Å²) in [5.41, 5.74) is 2.86. The van der Waals surface area contributed by atoms with Gasteiger partial charge in [-0.3, -0.25) is 4.79 Å². The van der Waals surface area contributed by atoms with Crippen LogP contribution in [0.4, 0.5) is 11.4 Å². The van der Waals surface area contributed by atoms with E-state index in [1.165, 1.54) is 10.5 Å². The molecule has 5 nitrogen and oxygen atoms in total. The fraction of sp³-hybridized carbons (Fsp3) is 0.300. The Morgan fingerprint density at radius 3 is 2.37 bits per heavy atom. The summed E-state index contributed by atoms with van der Waals surface area (Å²) in [5.74, 6) is -0.0211. The van der Waals surface area contributed by atoms with E-state index < -0.39 is 0 Å². The van der Waals surface area contributed by atoms with E-state index in [9.17, 15) is 4.79 Å². The third-order valence-corrected chi connectivity index (χ3v) is 5.39. The third-order valence-electron chi connectivity index (χ3n) is 4.70. The Morgan fingerprint density at radius 1 is 1.07 bits per heavy atom. The van der Waals surface area contributed by atoms with Crippen LogP contribution in [0.3, 0.4) is 0 Å². The van der Waals surface area contributed by atoms with E-state index in [4.69, 9.17) is 23.8 Å². The second-order valence-electron chi connectivity index (χ2n) is 6.69. The molecular formula is C20H24ClN4OS+.